The fourth-order valence-electron chi connectivity index (χ4n) is 2.68. The molecule has 1 N–H and O–H groups in total. The molecule has 0 aliphatic heterocycles. The molecule has 0 aliphatic carbocycles. The smallest absolute Gasteiger partial charge is 0.404 e. The van der Waals surface area contributed by atoms with Crippen LogP contribution in [-0.2, 0) is 9.59 Å². The van der Waals surface area contributed by atoms with Gasteiger partial charge in [0.25, 0.3) is 0 Å². The average molecular weight is 581 g/mol. The molecular weight excluding hydrogens is 546 g/mol. The van der Waals surface area contributed by atoms with Gasteiger partial charge < -0.3 is 5.11 Å². The third-order valence-corrected chi connectivity index (χ3v) is 8.78. The number of ketones is 1. The summed E-state index contributed by atoms with van der Waals surface area (Å²) >= 11 is 0. The molecule has 0 radical (unpaired) electrons. The Morgan fingerprint density at radius 3 is 1.35 bits per heavy atom. The third-order valence-electron chi connectivity index (χ3n) is 5.09. The standard InChI is InChI=1S/C10H18F3NOS2.C9H16F3NO2S2/c1-7(8(2)15)14(3)9(10(11,12)13)5-6-17-16-4;1-6(8(14)15)13(2)7(9(10,11)12)4-5-17-16-3/h7,9H,5-6H2,1-4H3;6-7H,4-5H2,1-3H3,(H,14,15)/t7-,9?;6-,7?/m00/s1. The lowest BCUT2D eigenvalue weighted by Crippen LogP contribution is -2.50. The Balaban J connectivity index is 0. The number of aliphatic carboxylic acids is 1. The third kappa shape index (κ3) is 14.6. The highest BCUT2D eigenvalue weighted by atomic mass is 33.1. The van der Waals surface area contributed by atoms with Crippen molar-refractivity contribution in [3.8, 4) is 0 Å². The van der Waals surface area contributed by atoms with Gasteiger partial charge in [-0.2, -0.15) is 26.3 Å². The van der Waals surface area contributed by atoms with Crippen LogP contribution in [0.3, 0.4) is 0 Å². The van der Waals surface area contributed by atoms with Crippen molar-refractivity contribution in [3.63, 3.8) is 0 Å². The lowest BCUT2D eigenvalue weighted by atomic mass is 10.1. The van der Waals surface area contributed by atoms with Crippen LogP contribution in [-0.4, -0.2) is 101 Å². The Hall–Kier alpha value is 0.0400. The van der Waals surface area contributed by atoms with Crippen LogP contribution in [0.25, 0.3) is 0 Å². The van der Waals surface area contributed by atoms with Crippen molar-refractivity contribution in [1.29, 1.82) is 0 Å². The summed E-state index contributed by atoms with van der Waals surface area (Å²) in [6, 6.07) is -5.13. The minimum absolute atomic E-state index is 0.00310. The number of alkyl halides is 6. The largest absolute Gasteiger partial charge is 0.480 e. The molecule has 34 heavy (non-hydrogen) atoms. The summed E-state index contributed by atoms with van der Waals surface area (Å²) in [7, 11) is 8.12. The Bertz CT molecular complexity index is 549. The summed E-state index contributed by atoms with van der Waals surface area (Å²) in [4.78, 5) is 23.8. The fraction of sp³-hybridized carbons (Fsp3) is 0.895. The number of rotatable bonds is 14. The lowest BCUT2D eigenvalue weighted by molar-refractivity contribution is -0.189. The van der Waals surface area contributed by atoms with E-state index in [2.05, 4.69) is 0 Å². The molecule has 0 aromatic heterocycles. The summed E-state index contributed by atoms with van der Waals surface area (Å²) in [5.74, 6) is -0.749. The molecule has 0 amide bonds. The zero-order valence-corrected chi connectivity index (χ0v) is 23.5. The molecule has 204 valence electrons. The molecule has 0 fully saturated rings. The maximum atomic E-state index is 12.9. The number of nitrogens with zero attached hydrogens (tertiary/aromatic N) is 2. The molecule has 0 aromatic rings. The van der Waals surface area contributed by atoms with Crippen LogP contribution in [0.4, 0.5) is 26.3 Å². The first kappa shape index (κ1) is 36.2. The van der Waals surface area contributed by atoms with Gasteiger partial charge in [-0.1, -0.05) is 43.2 Å². The Kier molecular flexibility index (Phi) is 18.6. The van der Waals surface area contributed by atoms with Gasteiger partial charge in [0.15, 0.2) is 0 Å². The number of carbonyl (C=O) groups excluding carboxylic acids is 1. The number of hydrogen-bond acceptors (Lipinski definition) is 8. The van der Waals surface area contributed by atoms with Crippen molar-refractivity contribution in [2.24, 2.45) is 0 Å². The van der Waals surface area contributed by atoms with Gasteiger partial charge >= 0.3 is 18.3 Å². The van der Waals surface area contributed by atoms with E-state index in [0.717, 1.165) is 9.80 Å². The second-order valence-electron chi connectivity index (χ2n) is 7.30. The molecular formula is C19H34F6N2O3S4. The van der Waals surface area contributed by atoms with E-state index in [1.165, 1.54) is 78.0 Å². The van der Waals surface area contributed by atoms with Crippen molar-refractivity contribution in [1.82, 2.24) is 9.80 Å². The predicted octanol–water partition coefficient (Wildman–Crippen LogP) is 5.95. The van der Waals surface area contributed by atoms with Crippen LogP contribution in [0.5, 0.6) is 0 Å². The molecule has 0 aromatic carbocycles. The molecule has 0 heterocycles. The Morgan fingerprint density at radius 1 is 0.794 bits per heavy atom. The molecule has 0 saturated heterocycles. The van der Waals surface area contributed by atoms with Crippen LogP contribution < -0.4 is 0 Å². The number of likely N-dealkylation sites (N-methyl/N-ethyl adjacent to an activating group) is 2. The van der Waals surface area contributed by atoms with Crippen molar-refractivity contribution in [3.05, 3.63) is 0 Å². The highest BCUT2D eigenvalue weighted by molar-refractivity contribution is 8.76. The Labute approximate surface area is 213 Å². The van der Waals surface area contributed by atoms with E-state index in [9.17, 15) is 35.9 Å². The molecule has 15 heteroatoms. The van der Waals surface area contributed by atoms with Gasteiger partial charge in [-0.25, -0.2) is 0 Å². The average Bonchev–Trinajstić information content (AvgIpc) is 2.70. The van der Waals surface area contributed by atoms with Crippen molar-refractivity contribution in [2.45, 2.75) is 70.1 Å². The number of carboxylic acids is 1. The highest BCUT2D eigenvalue weighted by Gasteiger charge is 2.44. The van der Waals surface area contributed by atoms with Gasteiger partial charge in [-0.15, -0.1) is 0 Å². The summed E-state index contributed by atoms with van der Waals surface area (Å²) in [6.45, 7) is 4.07. The van der Waals surface area contributed by atoms with E-state index in [1.54, 1.807) is 6.26 Å². The topological polar surface area (TPSA) is 60.9 Å². The zero-order chi connectivity index (χ0) is 27.3. The van der Waals surface area contributed by atoms with Crippen LogP contribution in [0.2, 0.25) is 0 Å². The number of carbonyl (C=O) groups is 2. The molecule has 5 nitrogen and oxygen atoms in total. The summed E-state index contributed by atoms with van der Waals surface area (Å²) < 4.78 is 76.9. The van der Waals surface area contributed by atoms with Gasteiger partial charge in [0.05, 0.1) is 6.04 Å². The van der Waals surface area contributed by atoms with Gasteiger partial charge in [0, 0.05) is 11.5 Å². The second-order valence-corrected chi connectivity index (χ2v) is 12.7. The number of Topliss-reactive ketones (excluding diaryl/α,β-unsaturated/α-hetero) is 1. The molecule has 0 bridgehead atoms. The normalized spacial score (nSPS) is 16.0. The summed E-state index contributed by atoms with van der Waals surface area (Å²) in [5, 5.41) is 8.72. The number of carboxylic acid groups (broad SMARTS) is 1. The minimum Gasteiger partial charge on any atom is -0.480 e. The molecule has 4 atom stereocenters. The van der Waals surface area contributed by atoms with Crippen LogP contribution in [0, 0.1) is 0 Å². The van der Waals surface area contributed by atoms with Crippen molar-refractivity contribution >= 4 is 54.9 Å². The van der Waals surface area contributed by atoms with E-state index < -0.39 is 42.5 Å². The molecule has 0 aliphatic rings. The molecule has 0 rings (SSSR count). The molecule has 0 saturated carbocycles. The van der Waals surface area contributed by atoms with Gasteiger partial charge in [0.2, 0.25) is 0 Å². The first-order valence-electron chi connectivity index (χ1n) is 10.0. The number of hydrogen-bond donors (Lipinski definition) is 1. The first-order valence-corrected chi connectivity index (χ1v) is 15.5. The lowest BCUT2D eigenvalue weighted by Gasteiger charge is -2.33. The van der Waals surface area contributed by atoms with Crippen molar-refractivity contribution in [2.75, 3.05) is 38.1 Å². The van der Waals surface area contributed by atoms with E-state index in [-0.39, 0.29) is 18.6 Å². The maximum Gasteiger partial charge on any atom is 0.404 e. The van der Waals surface area contributed by atoms with Crippen LogP contribution in [0.1, 0.15) is 33.6 Å². The minimum atomic E-state index is -4.41. The number of halogens is 6. The van der Waals surface area contributed by atoms with Crippen LogP contribution >= 0.6 is 43.2 Å². The molecule has 2 unspecified atom stereocenters. The van der Waals surface area contributed by atoms with E-state index >= 15 is 0 Å². The zero-order valence-electron chi connectivity index (χ0n) is 20.2. The quantitative estimate of drug-likeness (QED) is 0.153. The summed E-state index contributed by atoms with van der Waals surface area (Å²) in [6.07, 6.45) is -5.19. The van der Waals surface area contributed by atoms with E-state index in [4.69, 9.17) is 5.11 Å². The monoisotopic (exact) mass is 580 g/mol. The SMILES string of the molecule is CSSCCC(N(C)[C@@H](C)C(=O)O)C(F)(F)F.CSSCCC(N(C)[C@@H](C)C(C)=O)C(F)(F)F. The maximum absolute atomic E-state index is 12.9. The van der Waals surface area contributed by atoms with Gasteiger partial charge in [0.1, 0.15) is 23.9 Å². The predicted molar refractivity (Wildman–Crippen MR) is 134 cm³/mol. The summed E-state index contributed by atoms with van der Waals surface area (Å²) in [5.41, 5.74) is 0. The van der Waals surface area contributed by atoms with Gasteiger partial charge in [-0.3, -0.25) is 19.4 Å². The van der Waals surface area contributed by atoms with E-state index in [0.29, 0.717) is 11.5 Å². The van der Waals surface area contributed by atoms with Crippen LogP contribution in [0.15, 0.2) is 0 Å². The van der Waals surface area contributed by atoms with E-state index in [1.807, 2.05) is 6.26 Å². The second kappa shape index (κ2) is 17.5. The van der Waals surface area contributed by atoms with Crippen molar-refractivity contribution < 1.29 is 41.0 Å². The first-order chi connectivity index (χ1) is 15.4. The van der Waals surface area contributed by atoms with Gasteiger partial charge in [-0.05, 0) is 60.2 Å². The molecule has 0 spiro atoms. The Morgan fingerprint density at radius 2 is 1.12 bits per heavy atom. The fourth-order valence-corrected chi connectivity index (χ4v) is 5.23. The highest BCUT2D eigenvalue weighted by Crippen LogP contribution is 2.31.